The van der Waals surface area contributed by atoms with Gasteiger partial charge in [0.05, 0.1) is 13.1 Å². The second-order valence-electron chi connectivity index (χ2n) is 3.95. The zero-order valence-electron chi connectivity index (χ0n) is 10.3. The molecule has 0 N–H and O–H groups in total. The zero-order valence-corrected chi connectivity index (χ0v) is 11.0. The number of aryl methyl sites for hydroxylation is 1. The van der Waals surface area contributed by atoms with E-state index in [0.29, 0.717) is 6.00 Å². The molecule has 3 heteroatoms. The Kier molecular flexibility index (Phi) is 5.64. The number of nitrogens with zero attached hydrogens (tertiary/aromatic N) is 1. The Balaban J connectivity index is 2.75. The fraction of sp³-hybridized carbons (Fsp3) is 0.538. The number of likely N-dealkylation sites (N-methyl/N-ethyl adjacent to an activating group) is 1. The molecule has 1 aromatic carbocycles. The maximum atomic E-state index is 5.75. The summed E-state index contributed by atoms with van der Waals surface area (Å²) in [4.78, 5) is 2.08. The predicted octanol–water partition coefficient (Wildman–Crippen LogP) is 2.93. The Morgan fingerprint density at radius 3 is 2.69 bits per heavy atom. The van der Waals surface area contributed by atoms with E-state index in [4.69, 9.17) is 16.3 Å². The molecule has 0 spiro atoms. The molecule has 0 amide bonds. The lowest BCUT2D eigenvalue weighted by Gasteiger charge is -2.15. The van der Waals surface area contributed by atoms with Crippen molar-refractivity contribution in [1.82, 2.24) is 4.90 Å². The van der Waals surface area contributed by atoms with Crippen LogP contribution in [-0.4, -0.2) is 31.6 Å². The molecule has 0 saturated heterocycles. The topological polar surface area (TPSA) is 12.5 Å². The van der Waals surface area contributed by atoms with Gasteiger partial charge in [-0.15, -0.1) is 11.6 Å². The van der Waals surface area contributed by atoms with Crippen molar-refractivity contribution in [2.24, 2.45) is 0 Å². The van der Waals surface area contributed by atoms with Crippen LogP contribution in [0.3, 0.4) is 0 Å². The molecule has 0 radical (unpaired) electrons. The third-order valence-corrected chi connectivity index (χ3v) is 3.13. The van der Waals surface area contributed by atoms with Gasteiger partial charge in [-0.1, -0.05) is 19.1 Å². The highest BCUT2D eigenvalue weighted by Crippen LogP contribution is 2.21. The van der Waals surface area contributed by atoms with Crippen LogP contribution in [0.2, 0.25) is 0 Å². The number of benzene rings is 1. The van der Waals surface area contributed by atoms with E-state index in [1.54, 1.807) is 7.11 Å². The monoisotopic (exact) mass is 241 g/mol. The van der Waals surface area contributed by atoms with Gasteiger partial charge >= 0.3 is 0 Å². The fourth-order valence-corrected chi connectivity index (χ4v) is 1.74. The second kappa shape index (κ2) is 6.77. The summed E-state index contributed by atoms with van der Waals surface area (Å²) in [6, 6.07) is 6.96. The molecule has 0 aliphatic heterocycles. The SMILES string of the molecule is CCc1ccc(OC)c(CCN(C)CCl)c1. The van der Waals surface area contributed by atoms with E-state index in [1.165, 1.54) is 11.1 Å². The van der Waals surface area contributed by atoms with Gasteiger partial charge in [-0.2, -0.15) is 0 Å². The van der Waals surface area contributed by atoms with Crippen molar-refractivity contribution in [3.05, 3.63) is 29.3 Å². The number of methoxy groups -OCH3 is 1. The van der Waals surface area contributed by atoms with E-state index in [0.717, 1.165) is 25.1 Å². The predicted molar refractivity (Wildman–Crippen MR) is 69.4 cm³/mol. The fourth-order valence-electron chi connectivity index (χ4n) is 1.62. The number of hydrogen-bond acceptors (Lipinski definition) is 2. The normalized spacial score (nSPS) is 10.8. The first kappa shape index (κ1) is 13.3. The number of rotatable bonds is 6. The quantitative estimate of drug-likeness (QED) is 0.561. The van der Waals surface area contributed by atoms with Gasteiger partial charge in [-0.25, -0.2) is 0 Å². The largest absolute Gasteiger partial charge is 0.496 e. The van der Waals surface area contributed by atoms with Crippen LogP contribution in [0.1, 0.15) is 18.1 Å². The van der Waals surface area contributed by atoms with E-state index < -0.39 is 0 Å². The first-order chi connectivity index (χ1) is 7.71. The van der Waals surface area contributed by atoms with Crippen molar-refractivity contribution in [1.29, 1.82) is 0 Å². The molecule has 0 unspecified atom stereocenters. The minimum atomic E-state index is 0.565. The van der Waals surface area contributed by atoms with Crippen LogP contribution in [0.4, 0.5) is 0 Å². The molecule has 2 nitrogen and oxygen atoms in total. The Hall–Kier alpha value is -0.730. The molecular weight excluding hydrogens is 222 g/mol. The lowest BCUT2D eigenvalue weighted by atomic mass is 10.1. The summed E-state index contributed by atoms with van der Waals surface area (Å²) in [6.07, 6.45) is 2.03. The van der Waals surface area contributed by atoms with Crippen molar-refractivity contribution in [2.75, 3.05) is 26.7 Å². The van der Waals surface area contributed by atoms with E-state index >= 15 is 0 Å². The van der Waals surface area contributed by atoms with Gasteiger partial charge < -0.3 is 4.74 Å². The molecule has 0 aliphatic carbocycles. The number of ether oxygens (including phenoxy) is 1. The summed E-state index contributed by atoms with van der Waals surface area (Å²) in [5.74, 6) is 0.972. The number of hydrogen-bond donors (Lipinski definition) is 0. The summed E-state index contributed by atoms with van der Waals surface area (Å²) < 4.78 is 5.36. The Bertz CT molecular complexity index is 328. The van der Waals surface area contributed by atoms with Crippen molar-refractivity contribution < 1.29 is 4.74 Å². The van der Waals surface area contributed by atoms with Crippen LogP contribution in [0, 0.1) is 0 Å². The second-order valence-corrected chi connectivity index (χ2v) is 4.19. The maximum Gasteiger partial charge on any atom is 0.122 e. The molecule has 90 valence electrons. The molecular formula is C13H20ClNO. The standard InChI is InChI=1S/C13H20ClNO/c1-4-11-5-6-13(16-3)12(9-11)7-8-15(2)10-14/h5-6,9H,4,7-8,10H2,1-3H3. The van der Waals surface area contributed by atoms with Crippen LogP contribution in [0.25, 0.3) is 0 Å². The van der Waals surface area contributed by atoms with E-state index in [9.17, 15) is 0 Å². The third-order valence-electron chi connectivity index (χ3n) is 2.72. The Labute approximate surface area is 103 Å². The molecule has 1 rings (SSSR count). The Morgan fingerprint density at radius 2 is 2.12 bits per heavy atom. The van der Waals surface area contributed by atoms with E-state index in [1.807, 2.05) is 7.05 Å². The van der Waals surface area contributed by atoms with Gasteiger partial charge in [0.15, 0.2) is 0 Å². The first-order valence-electron chi connectivity index (χ1n) is 5.61. The summed E-state index contributed by atoms with van der Waals surface area (Å²) in [5, 5.41) is 0. The summed E-state index contributed by atoms with van der Waals surface area (Å²) in [6.45, 7) is 3.11. The molecule has 0 heterocycles. The molecule has 0 fully saturated rings. The molecule has 0 bridgehead atoms. The number of alkyl halides is 1. The molecule has 0 saturated carbocycles. The van der Waals surface area contributed by atoms with Gasteiger partial charge in [0.1, 0.15) is 5.75 Å². The van der Waals surface area contributed by atoms with Crippen LogP contribution >= 0.6 is 11.6 Å². The van der Waals surface area contributed by atoms with Gasteiger partial charge in [0.2, 0.25) is 0 Å². The van der Waals surface area contributed by atoms with E-state index in [2.05, 4.69) is 30.0 Å². The van der Waals surface area contributed by atoms with Gasteiger partial charge in [-0.3, -0.25) is 4.90 Å². The van der Waals surface area contributed by atoms with Gasteiger partial charge in [0, 0.05) is 6.54 Å². The summed E-state index contributed by atoms with van der Waals surface area (Å²) in [7, 11) is 3.73. The average Bonchev–Trinajstić information content (AvgIpc) is 2.35. The maximum absolute atomic E-state index is 5.75. The molecule has 0 atom stereocenters. The highest BCUT2D eigenvalue weighted by Gasteiger charge is 2.05. The van der Waals surface area contributed by atoms with Crippen molar-refractivity contribution >= 4 is 11.6 Å². The average molecular weight is 242 g/mol. The van der Waals surface area contributed by atoms with Crippen LogP contribution in [-0.2, 0) is 12.8 Å². The van der Waals surface area contributed by atoms with Crippen LogP contribution in [0.5, 0.6) is 5.75 Å². The smallest absolute Gasteiger partial charge is 0.122 e. The lowest BCUT2D eigenvalue weighted by molar-refractivity contribution is 0.381. The van der Waals surface area contributed by atoms with Gasteiger partial charge in [-0.05, 0) is 37.1 Å². The first-order valence-corrected chi connectivity index (χ1v) is 6.15. The minimum Gasteiger partial charge on any atom is -0.496 e. The molecule has 0 aliphatic rings. The lowest BCUT2D eigenvalue weighted by Crippen LogP contribution is -2.19. The zero-order chi connectivity index (χ0) is 12.0. The summed E-state index contributed by atoms with van der Waals surface area (Å²) >= 11 is 5.75. The van der Waals surface area contributed by atoms with Crippen molar-refractivity contribution in [3.63, 3.8) is 0 Å². The third kappa shape index (κ3) is 3.69. The molecule has 0 aromatic heterocycles. The minimum absolute atomic E-state index is 0.565. The van der Waals surface area contributed by atoms with Crippen LogP contribution < -0.4 is 4.74 Å². The van der Waals surface area contributed by atoms with E-state index in [-0.39, 0.29) is 0 Å². The molecule has 16 heavy (non-hydrogen) atoms. The summed E-state index contributed by atoms with van der Waals surface area (Å²) in [5.41, 5.74) is 2.61. The van der Waals surface area contributed by atoms with Crippen LogP contribution in [0.15, 0.2) is 18.2 Å². The Morgan fingerprint density at radius 1 is 1.38 bits per heavy atom. The van der Waals surface area contributed by atoms with Gasteiger partial charge in [0.25, 0.3) is 0 Å². The highest BCUT2D eigenvalue weighted by atomic mass is 35.5. The molecule has 1 aromatic rings. The number of halogens is 1. The van der Waals surface area contributed by atoms with Crippen molar-refractivity contribution in [2.45, 2.75) is 19.8 Å². The van der Waals surface area contributed by atoms with Crippen molar-refractivity contribution in [3.8, 4) is 5.75 Å². The highest BCUT2D eigenvalue weighted by molar-refractivity contribution is 6.17.